The molecule has 1 atom stereocenters. The maximum absolute atomic E-state index is 2.54. The fraction of sp³-hybridized carbons (Fsp3) is 0.103. The minimum atomic E-state index is -0.499. The van der Waals surface area contributed by atoms with Crippen molar-refractivity contribution in [1.82, 2.24) is 0 Å². The summed E-state index contributed by atoms with van der Waals surface area (Å²) in [7, 11) is 0. The third kappa shape index (κ3) is 4.62. The van der Waals surface area contributed by atoms with E-state index in [-0.39, 0.29) is 5.41 Å². The lowest BCUT2D eigenvalue weighted by Gasteiger charge is -2.41. The van der Waals surface area contributed by atoms with Crippen molar-refractivity contribution < 1.29 is 0 Å². The fourth-order valence-corrected chi connectivity index (χ4v) is 11.2. The van der Waals surface area contributed by atoms with Crippen LogP contribution in [-0.2, 0) is 17.3 Å². The van der Waals surface area contributed by atoms with Crippen LogP contribution in [0.1, 0.15) is 59.7 Å². The average Bonchev–Trinajstić information content (AvgIpc) is 3.70. The summed E-state index contributed by atoms with van der Waals surface area (Å²) < 4.78 is 0. The zero-order chi connectivity index (χ0) is 39.5. The van der Waals surface area contributed by atoms with Crippen molar-refractivity contribution in [3.8, 4) is 44.5 Å². The van der Waals surface area contributed by atoms with Crippen molar-refractivity contribution in [1.29, 1.82) is 0 Å². The Hall–Kier alpha value is -6.96. The van der Waals surface area contributed by atoms with Crippen LogP contribution in [0.25, 0.3) is 55.3 Å². The molecule has 59 heavy (non-hydrogen) atoms. The normalized spacial score (nSPS) is 16.0. The second kappa shape index (κ2) is 12.5. The molecule has 0 heterocycles. The van der Waals surface area contributed by atoms with Crippen LogP contribution in [0, 0.1) is 0 Å². The molecule has 1 unspecified atom stereocenters. The van der Waals surface area contributed by atoms with Crippen molar-refractivity contribution in [2.24, 2.45) is 0 Å². The third-order valence-electron chi connectivity index (χ3n) is 13.9. The van der Waals surface area contributed by atoms with Gasteiger partial charge in [0.05, 0.1) is 5.41 Å². The number of rotatable bonds is 5. The first-order valence-corrected chi connectivity index (χ1v) is 21.1. The van der Waals surface area contributed by atoms with Gasteiger partial charge in [-0.25, -0.2) is 0 Å². The Morgan fingerprint density at radius 2 is 0.932 bits per heavy atom. The Kier molecular flexibility index (Phi) is 7.24. The molecule has 0 amide bonds. The molecule has 1 spiro atoms. The Morgan fingerprint density at radius 3 is 1.66 bits per heavy atom. The van der Waals surface area contributed by atoms with E-state index >= 15 is 0 Å². The summed E-state index contributed by atoms with van der Waals surface area (Å²) in [5.41, 5.74) is 22.9. The highest BCUT2D eigenvalue weighted by molar-refractivity contribution is 6.08. The maximum Gasteiger partial charge on any atom is 0.0729 e. The molecule has 3 aliphatic rings. The van der Waals surface area contributed by atoms with Gasteiger partial charge >= 0.3 is 0 Å². The molecule has 9 aromatic carbocycles. The van der Waals surface area contributed by atoms with Gasteiger partial charge in [0, 0.05) is 22.5 Å². The van der Waals surface area contributed by atoms with E-state index in [0.717, 1.165) is 23.5 Å². The molecule has 280 valence electrons. The summed E-state index contributed by atoms with van der Waals surface area (Å²) in [5.74, 6) is 0. The first kappa shape index (κ1) is 34.1. The summed E-state index contributed by atoms with van der Waals surface area (Å²) in [6, 6.07) is 73.3. The first-order valence-electron chi connectivity index (χ1n) is 21.1. The van der Waals surface area contributed by atoms with Crippen LogP contribution in [0.4, 0.5) is 17.1 Å². The smallest absolute Gasteiger partial charge is 0.0729 e. The summed E-state index contributed by atoms with van der Waals surface area (Å²) in [6.07, 6.45) is 0.952. The lowest BCUT2D eigenvalue weighted by molar-refractivity contribution is 0.660. The van der Waals surface area contributed by atoms with E-state index < -0.39 is 5.41 Å². The van der Waals surface area contributed by atoms with Crippen molar-refractivity contribution in [3.63, 3.8) is 0 Å². The summed E-state index contributed by atoms with van der Waals surface area (Å²) >= 11 is 0. The van der Waals surface area contributed by atoms with Gasteiger partial charge in [-0.1, -0.05) is 178 Å². The number of aryl methyl sites for hydroxylation is 1. The van der Waals surface area contributed by atoms with Crippen LogP contribution < -0.4 is 4.90 Å². The number of anilines is 3. The molecule has 0 N–H and O–H groups in total. The van der Waals surface area contributed by atoms with Gasteiger partial charge < -0.3 is 4.90 Å². The van der Waals surface area contributed by atoms with Gasteiger partial charge in [0.1, 0.15) is 0 Å². The highest BCUT2D eigenvalue weighted by atomic mass is 15.1. The van der Waals surface area contributed by atoms with Gasteiger partial charge in [-0.2, -0.15) is 0 Å². The highest BCUT2D eigenvalue weighted by Crippen LogP contribution is 2.63. The molecule has 0 bridgehead atoms. The monoisotopic (exact) mass is 753 g/mol. The Bertz CT molecular complexity index is 3170. The van der Waals surface area contributed by atoms with Gasteiger partial charge in [-0.3, -0.25) is 0 Å². The third-order valence-corrected chi connectivity index (χ3v) is 13.9. The van der Waals surface area contributed by atoms with Crippen molar-refractivity contribution in [2.75, 3.05) is 4.90 Å². The molecule has 0 saturated carbocycles. The number of fused-ring (bicyclic) bond motifs is 12. The van der Waals surface area contributed by atoms with Crippen LogP contribution in [0.15, 0.2) is 194 Å². The van der Waals surface area contributed by atoms with E-state index in [1.54, 1.807) is 0 Å². The summed E-state index contributed by atoms with van der Waals surface area (Å²) in [6.45, 7) is 7.04. The quantitative estimate of drug-likeness (QED) is 0.169. The van der Waals surface area contributed by atoms with Crippen molar-refractivity contribution in [3.05, 3.63) is 233 Å². The topological polar surface area (TPSA) is 3.24 Å². The minimum Gasteiger partial charge on any atom is -0.310 e. The molecule has 1 heteroatoms. The molecule has 0 aromatic heterocycles. The number of benzene rings is 9. The van der Waals surface area contributed by atoms with Crippen LogP contribution in [0.5, 0.6) is 0 Å². The van der Waals surface area contributed by atoms with E-state index in [4.69, 9.17) is 0 Å². The molecule has 9 aromatic rings. The SMILES string of the molecule is CCc1ccc2cccc3c2c1C1(c2ccccc2-c2ccc(N(c4ccc(-c5ccccc5)cc4)c4ccc5c(c4)-c4ccccc4C5(C)C)cc21)c1ccccc1-3. The van der Waals surface area contributed by atoms with E-state index in [9.17, 15) is 0 Å². The zero-order valence-electron chi connectivity index (χ0n) is 33.6. The van der Waals surface area contributed by atoms with Gasteiger partial charge in [0.2, 0.25) is 0 Å². The summed E-state index contributed by atoms with van der Waals surface area (Å²) in [5, 5.41) is 2.68. The molecule has 0 saturated heterocycles. The Morgan fingerprint density at radius 1 is 0.390 bits per heavy atom. The molecule has 0 radical (unpaired) electrons. The van der Waals surface area contributed by atoms with E-state index in [2.05, 4.69) is 220 Å². The zero-order valence-corrected chi connectivity index (χ0v) is 33.6. The van der Waals surface area contributed by atoms with Gasteiger partial charge in [-0.15, -0.1) is 0 Å². The Balaban J connectivity index is 1.14. The average molecular weight is 754 g/mol. The molecule has 3 aliphatic carbocycles. The number of nitrogens with zero attached hydrogens (tertiary/aromatic N) is 1. The number of hydrogen-bond acceptors (Lipinski definition) is 1. The standard InChI is InChI=1S/C58H43N/c1-4-37-25-26-40-17-14-21-48-45-19-10-13-24-53(45)58(56(37)55(40)48)52-23-12-9-18-44(52)47-33-31-43(36-54(47)58)59(41-29-27-39(28-30-41)38-15-6-5-7-16-38)42-32-34-51-49(35-42)46-20-8-11-22-50(46)57(51,2)3/h5-36H,4H2,1-3H3. The van der Waals surface area contributed by atoms with E-state index in [1.807, 2.05) is 0 Å². The largest absolute Gasteiger partial charge is 0.310 e. The molecule has 0 aliphatic heterocycles. The second-order valence-electron chi connectivity index (χ2n) is 17.1. The van der Waals surface area contributed by atoms with Crippen LogP contribution >= 0.6 is 0 Å². The van der Waals surface area contributed by atoms with Gasteiger partial charge in [0.15, 0.2) is 0 Å². The summed E-state index contributed by atoms with van der Waals surface area (Å²) in [4.78, 5) is 2.49. The predicted octanol–water partition coefficient (Wildman–Crippen LogP) is 15.2. The number of hydrogen-bond donors (Lipinski definition) is 0. The lowest BCUT2D eigenvalue weighted by atomic mass is 9.60. The maximum atomic E-state index is 2.54. The molecular weight excluding hydrogens is 711 g/mol. The highest BCUT2D eigenvalue weighted by Gasteiger charge is 2.51. The first-order chi connectivity index (χ1) is 29.0. The van der Waals surface area contributed by atoms with Gasteiger partial charge in [0.25, 0.3) is 0 Å². The fourth-order valence-electron chi connectivity index (χ4n) is 11.2. The van der Waals surface area contributed by atoms with Crippen LogP contribution in [0.3, 0.4) is 0 Å². The second-order valence-corrected chi connectivity index (χ2v) is 17.1. The van der Waals surface area contributed by atoms with E-state index in [1.165, 1.54) is 94.2 Å². The minimum absolute atomic E-state index is 0.0684. The molecule has 1 nitrogen and oxygen atoms in total. The lowest BCUT2D eigenvalue weighted by Crippen LogP contribution is -2.33. The van der Waals surface area contributed by atoms with Crippen LogP contribution in [-0.4, -0.2) is 0 Å². The van der Waals surface area contributed by atoms with E-state index in [0.29, 0.717) is 0 Å². The molecule has 0 fully saturated rings. The molecular formula is C58H43N. The van der Waals surface area contributed by atoms with Gasteiger partial charge in [-0.05, 0) is 137 Å². The van der Waals surface area contributed by atoms with Crippen LogP contribution in [0.2, 0.25) is 0 Å². The Labute approximate surface area is 346 Å². The van der Waals surface area contributed by atoms with Crippen molar-refractivity contribution >= 4 is 27.8 Å². The predicted molar refractivity (Wildman–Crippen MR) is 247 cm³/mol. The van der Waals surface area contributed by atoms with Crippen molar-refractivity contribution in [2.45, 2.75) is 38.0 Å². The molecule has 12 rings (SSSR count).